The van der Waals surface area contributed by atoms with Crippen molar-refractivity contribution in [1.29, 1.82) is 0 Å². The van der Waals surface area contributed by atoms with Gasteiger partial charge in [-0.3, -0.25) is 19.1 Å². The zero-order valence-electron chi connectivity index (χ0n) is 16.4. The van der Waals surface area contributed by atoms with Crippen LogP contribution in [0.15, 0.2) is 47.4 Å². The van der Waals surface area contributed by atoms with E-state index < -0.39 is 68.2 Å². The van der Waals surface area contributed by atoms with Crippen LogP contribution < -0.4 is 10.1 Å². The van der Waals surface area contributed by atoms with Gasteiger partial charge in [0, 0.05) is 17.0 Å². The molecule has 8 nitrogen and oxygen atoms in total. The number of ether oxygens (including phenoxy) is 1. The summed E-state index contributed by atoms with van der Waals surface area (Å²) in [6.45, 7) is 0.861. The molecule has 0 aliphatic rings. The molecule has 0 saturated carbocycles. The third-order valence-electron chi connectivity index (χ3n) is 3.99. The molecule has 2 atom stereocenters. The average Bonchev–Trinajstić information content (AvgIpc) is 2.66. The van der Waals surface area contributed by atoms with Crippen LogP contribution in [0, 0.1) is 10.1 Å². The number of benzene rings is 2. The van der Waals surface area contributed by atoms with Crippen LogP contribution >= 0.6 is 0 Å². The third-order valence-corrected chi connectivity index (χ3v) is 5.61. The second-order valence-corrected chi connectivity index (χ2v) is 8.17. The molecule has 15 heteroatoms. The Bertz CT molecular complexity index is 1070. The number of non-ortho nitro benzene ring substituents is 1. The van der Waals surface area contributed by atoms with Gasteiger partial charge in [-0.2, -0.15) is 13.2 Å². The van der Waals surface area contributed by atoms with Crippen LogP contribution in [0.4, 0.5) is 37.7 Å². The van der Waals surface area contributed by atoms with Gasteiger partial charge in [0.1, 0.15) is 5.75 Å². The lowest BCUT2D eigenvalue weighted by Crippen LogP contribution is -2.44. The van der Waals surface area contributed by atoms with E-state index in [-0.39, 0.29) is 11.0 Å². The average molecular weight is 500 g/mol. The number of aliphatic hydroxyl groups is 1. The number of rotatable bonds is 7. The van der Waals surface area contributed by atoms with Crippen LogP contribution in [-0.4, -0.2) is 37.9 Å². The minimum atomic E-state index is -5.08. The monoisotopic (exact) mass is 500 g/mol. The minimum Gasteiger partial charge on any atom is -0.406 e. The Morgan fingerprint density at radius 2 is 1.70 bits per heavy atom. The molecule has 2 aromatic rings. The van der Waals surface area contributed by atoms with E-state index in [2.05, 4.69) is 4.74 Å². The third kappa shape index (κ3) is 7.15. The molecule has 0 saturated heterocycles. The fourth-order valence-electron chi connectivity index (χ4n) is 2.44. The number of hydrogen-bond acceptors (Lipinski definition) is 6. The van der Waals surface area contributed by atoms with E-state index in [1.165, 1.54) is 0 Å². The molecule has 0 aliphatic carbocycles. The van der Waals surface area contributed by atoms with Crippen molar-refractivity contribution >= 4 is 28.1 Å². The Balaban J connectivity index is 2.18. The Morgan fingerprint density at radius 1 is 1.12 bits per heavy atom. The van der Waals surface area contributed by atoms with Gasteiger partial charge in [0.25, 0.3) is 11.6 Å². The van der Waals surface area contributed by atoms with Gasteiger partial charge >= 0.3 is 12.5 Å². The molecule has 33 heavy (non-hydrogen) atoms. The van der Waals surface area contributed by atoms with Gasteiger partial charge in [0.05, 0.1) is 32.7 Å². The van der Waals surface area contributed by atoms with E-state index >= 15 is 0 Å². The normalized spacial score (nSPS) is 14.8. The fraction of sp³-hybridized carbons (Fsp3) is 0.278. The Morgan fingerprint density at radius 3 is 2.18 bits per heavy atom. The lowest BCUT2D eigenvalue weighted by molar-refractivity contribution is -0.385. The summed E-state index contributed by atoms with van der Waals surface area (Å²) in [4.78, 5) is 21.9. The van der Waals surface area contributed by atoms with E-state index in [9.17, 15) is 50.6 Å². The van der Waals surface area contributed by atoms with Gasteiger partial charge in [-0.05, 0) is 37.3 Å². The quantitative estimate of drug-likeness (QED) is 0.337. The summed E-state index contributed by atoms with van der Waals surface area (Å²) < 4.78 is 92.4. The highest BCUT2D eigenvalue weighted by Crippen LogP contribution is 2.37. The minimum absolute atomic E-state index is 0.0936. The summed E-state index contributed by atoms with van der Waals surface area (Å²) in [5.41, 5.74) is -5.79. The van der Waals surface area contributed by atoms with Crippen LogP contribution in [0.2, 0.25) is 0 Å². The molecular formula is C18H14F6N2O6S. The number of nitrogens with zero attached hydrogens (tertiary/aromatic N) is 1. The maximum atomic E-state index is 13.2. The zero-order chi connectivity index (χ0) is 25.2. The van der Waals surface area contributed by atoms with Crippen molar-refractivity contribution in [3.63, 3.8) is 0 Å². The van der Waals surface area contributed by atoms with Crippen molar-refractivity contribution in [1.82, 2.24) is 0 Å². The van der Waals surface area contributed by atoms with Crippen LogP contribution in [0.25, 0.3) is 0 Å². The second kappa shape index (κ2) is 9.35. The number of hydrogen-bond donors (Lipinski definition) is 2. The molecule has 180 valence electrons. The Hall–Kier alpha value is -3.20. The molecule has 2 N–H and O–H groups in total. The van der Waals surface area contributed by atoms with Gasteiger partial charge < -0.3 is 15.2 Å². The van der Waals surface area contributed by atoms with Crippen LogP contribution in [0.1, 0.15) is 12.5 Å². The van der Waals surface area contributed by atoms with Gasteiger partial charge in [-0.15, -0.1) is 13.2 Å². The predicted molar refractivity (Wildman–Crippen MR) is 102 cm³/mol. The molecule has 2 rings (SSSR count). The highest BCUT2D eigenvalue weighted by Gasteiger charge is 2.38. The maximum Gasteiger partial charge on any atom is 0.573 e. The van der Waals surface area contributed by atoms with Gasteiger partial charge in [0.15, 0.2) is 5.60 Å². The second-order valence-electron chi connectivity index (χ2n) is 6.72. The van der Waals surface area contributed by atoms with Crippen molar-refractivity contribution in [2.24, 2.45) is 0 Å². The summed E-state index contributed by atoms with van der Waals surface area (Å²) >= 11 is 0. The van der Waals surface area contributed by atoms with Gasteiger partial charge in [-0.1, -0.05) is 0 Å². The number of amides is 1. The number of alkyl halides is 6. The van der Waals surface area contributed by atoms with Crippen molar-refractivity contribution < 1.29 is 50.1 Å². The topological polar surface area (TPSA) is 119 Å². The molecule has 0 bridgehead atoms. The maximum absolute atomic E-state index is 13.2. The number of anilines is 1. The number of carbonyl (C=O) groups is 1. The molecule has 0 aliphatic heterocycles. The van der Waals surface area contributed by atoms with E-state index in [0.29, 0.717) is 12.1 Å². The Labute approximate surface area is 183 Å². The number of halogens is 6. The van der Waals surface area contributed by atoms with E-state index in [1.54, 1.807) is 5.32 Å². The molecule has 2 aromatic carbocycles. The number of nitro groups is 1. The van der Waals surface area contributed by atoms with Crippen molar-refractivity contribution in [3.8, 4) is 5.75 Å². The van der Waals surface area contributed by atoms with Crippen LogP contribution in [0.3, 0.4) is 0 Å². The van der Waals surface area contributed by atoms with Crippen LogP contribution in [0.5, 0.6) is 5.75 Å². The largest absolute Gasteiger partial charge is 0.573 e. The number of carbonyl (C=O) groups excluding carboxylic acids is 1. The van der Waals surface area contributed by atoms with Crippen molar-refractivity contribution in [2.75, 3.05) is 11.1 Å². The molecule has 0 fully saturated rings. The fourth-order valence-corrected chi connectivity index (χ4v) is 3.69. The number of nitro benzene ring substituents is 1. The predicted octanol–water partition coefficient (Wildman–Crippen LogP) is 4.01. The lowest BCUT2D eigenvalue weighted by atomic mass is 10.1. The zero-order valence-corrected chi connectivity index (χ0v) is 17.2. The van der Waals surface area contributed by atoms with Crippen molar-refractivity contribution in [2.45, 2.75) is 30.0 Å². The van der Waals surface area contributed by atoms with E-state index in [4.69, 9.17) is 0 Å². The lowest BCUT2D eigenvalue weighted by Gasteiger charge is -2.23. The van der Waals surface area contributed by atoms with Crippen LogP contribution in [-0.2, 0) is 21.8 Å². The highest BCUT2D eigenvalue weighted by atomic mass is 32.2. The molecular weight excluding hydrogens is 486 g/mol. The van der Waals surface area contributed by atoms with Gasteiger partial charge in [0.2, 0.25) is 0 Å². The molecule has 0 spiro atoms. The summed E-state index contributed by atoms with van der Waals surface area (Å²) in [6, 6.07) is 5.22. The highest BCUT2D eigenvalue weighted by molar-refractivity contribution is 7.85. The van der Waals surface area contributed by atoms with E-state index in [1.807, 2.05) is 0 Å². The van der Waals surface area contributed by atoms with Crippen molar-refractivity contribution in [3.05, 3.63) is 58.1 Å². The first-order chi connectivity index (χ1) is 15.0. The Kier molecular flexibility index (Phi) is 7.38. The standard InChI is InChI=1S/C18H14F6N2O6S/c1-16(28,9-33(31)12-5-3-11(4-6-12)32-18(22,23)24)15(27)25-14-7-2-10(26(29)30)8-13(14)17(19,20)21/h2-8,28H,9H2,1H3,(H,25,27). The SMILES string of the molecule is CC(O)(CS(=O)c1ccc(OC(F)(F)F)cc1)C(=O)Nc1ccc([N+](=O)[O-])cc1C(F)(F)F. The molecule has 0 radical (unpaired) electrons. The summed E-state index contributed by atoms with van der Waals surface area (Å²) in [7, 11) is -2.15. The molecule has 1 amide bonds. The van der Waals surface area contributed by atoms with E-state index in [0.717, 1.165) is 31.2 Å². The number of nitrogens with one attached hydrogen (secondary N) is 1. The first-order valence-corrected chi connectivity index (χ1v) is 9.95. The molecule has 0 heterocycles. The summed E-state index contributed by atoms with van der Waals surface area (Å²) in [5.74, 6) is -2.83. The first-order valence-electron chi connectivity index (χ1n) is 8.63. The molecule has 2 unspecified atom stereocenters. The van der Waals surface area contributed by atoms with Gasteiger partial charge in [-0.25, -0.2) is 0 Å². The summed E-state index contributed by atoms with van der Waals surface area (Å²) in [6.07, 6.45) is -10.0. The molecule has 0 aromatic heterocycles. The smallest absolute Gasteiger partial charge is 0.406 e. The summed E-state index contributed by atoms with van der Waals surface area (Å²) in [5, 5.41) is 22.9. The first kappa shape index (κ1) is 26.1.